The van der Waals surface area contributed by atoms with E-state index in [0.29, 0.717) is 6.61 Å². The number of benzene rings is 1. The van der Waals surface area contributed by atoms with Crippen LogP contribution in [0.5, 0.6) is 0 Å². The third kappa shape index (κ3) is 3.57. The maximum Gasteiger partial charge on any atom is 0.312 e. The SMILES string of the molecule is CCOC(=O)C(C(O)c1ccccc1)C(C)(C)C. The van der Waals surface area contributed by atoms with Crippen LogP contribution in [-0.4, -0.2) is 17.7 Å². The van der Waals surface area contributed by atoms with Gasteiger partial charge in [0.15, 0.2) is 0 Å². The molecule has 100 valence electrons. The minimum absolute atomic E-state index is 0.326. The normalized spacial score (nSPS) is 14.9. The highest BCUT2D eigenvalue weighted by Crippen LogP contribution is 2.37. The molecule has 1 rings (SSSR count). The van der Waals surface area contributed by atoms with Gasteiger partial charge in [0.1, 0.15) is 0 Å². The van der Waals surface area contributed by atoms with Crippen molar-refractivity contribution < 1.29 is 14.6 Å². The predicted molar refractivity (Wildman–Crippen MR) is 71.0 cm³/mol. The Kier molecular flexibility index (Phi) is 4.91. The lowest BCUT2D eigenvalue weighted by atomic mass is 9.75. The number of rotatable bonds is 4. The lowest BCUT2D eigenvalue weighted by Gasteiger charge is -2.32. The van der Waals surface area contributed by atoms with Crippen LogP contribution in [0, 0.1) is 11.3 Å². The van der Waals surface area contributed by atoms with Gasteiger partial charge in [0.05, 0.1) is 18.6 Å². The fraction of sp³-hybridized carbons (Fsp3) is 0.533. The number of carbonyl (C=O) groups excluding carboxylic acids is 1. The highest BCUT2D eigenvalue weighted by atomic mass is 16.5. The van der Waals surface area contributed by atoms with Crippen LogP contribution in [0.3, 0.4) is 0 Å². The van der Waals surface area contributed by atoms with Crippen molar-refractivity contribution in [3.63, 3.8) is 0 Å². The molecule has 1 aromatic carbocycles. The first-order valence-electron chi connectivity index (χ1n) is 6.27. The second-order valence-corrected chi connectivity index (χ2v) is 5.45. The molecule has 0 bridgehead atoms. The van der Waals surface area contributed by atoms with Gasteiger partial charge in [-0.15, -0.1) is 0 Å². The second kappa shape index (κ2) is 6.01. The van der Waals surface area contributed by atoms with E-state index in [0.717, 1.165) is 5.56 Å². The van der Waals surface area contributed by atoms with Gasteiger partial charge in [0.2, 0.25) is 0 Å². The van der Waals surface area contributed by atoms with E-state index in [2.05, 4.69) is 0 Å². The number of esters is 1. The van der Waals surface area contributed by atoms with Crippen LogP contribution in [0.4, 0.5) is 0 Å². The van der Waals surface area contributed by atoms with Crippen LogP contribution in [0.2, 0.25) is 0 Å². The number of ether oxygens (including phenoxy) is 1. The van der Waals surface area contributed by atoms with Crippen LogP contribution in [0.1, 0.15) is 39.4 Å². The Morgan fingerprint density at radius 1 is 1.28 bits per heavy atom. The van der Waals surface area contributed by atoms with Gasteiger partial charge in [-0.1, -0.05) is 51.1 Å². The van der Waals surface area contributed by atoms with Crippen molar-refractivity contribution in [1.82, 2.24) is 0 Å². The van der Waals surface area contributed by atoms with Gasteiger partial charge in [-0.3, -0.25) is 4.79 Å². The molecule has 0 aliphatic heterocycles. The van der Waals surface area contributed by atoms with Crippen molar-refractivity contribution in [2.45, 2.75) is 33.8 Å². The average molecular weight is 250 g/mol. The maximum absolute atomic E-state index is 12.0. The summed E-state index contributed by atoms with van der Waals surface area (Å²) in [6.45, 7) is 7.89. The molecule has 0 radical (unpaired) electrons. The summed E-state index contributed by atoms with van der Waals surface area (Å²) >= 11 is 0. The van der Waals surface area contributed by atoms with Crippen LogP contribution in [-0.2, 0) is 9.53 Å². The minimum atomic E-state index is -0.842. The summed E-state index contributed by atoms with van der Waals surface area (Å²) in [5, 5.41) is 10.4. The van der Waals surface area contributed by atoms with Crippen molar-refractivity contribution >= 4 is 5.97 Å². The van der Waals surface area contributed by atoms with Gasteiger partial charge < -0.3 is 9.84 Å². The van der Waals surface area contributed by atoms with Gasteiger partial charge in [-0.25, -0.2) is 0 Å². The standard InChI is InChI=1S/C15H22O3/c1-5-18-14(17)12(15(2,3)4)13(16)11-9-7-6-8-10-11/h6-10,12-13,16H,5H2,1-4H3. The fourth-order valence-electron chi connectivity index (χ4n) is 2.03. The first kappa shape index (κ1) is 14.7. The van der Waals surface area contributed by atoms with E-state index >= 15 is 0 Å². The molecule has 1 N–H and O–H groups in total. The maximum atomic E-state index is 12.0. The highest BCUT2D eigenvalue weighted by Gasteiger charge is 2.39. The van der Waals surface area contributed by atoms with Crippen LogP contribution in [0.25, 0.3) is 0 Å². The second-order valence-electron chi connectivity index (χ2n) is 5.45. The molecule has 3 heteroatoms. The number of aliphatic hydroxyl groups is 1. The zero-order chi connectivity index (χ0) is 13.8. The highest BCUT2D eigenvalue weighted by molar-refractivity contribution is 5.74. The van der Waals surface area contributed by atoms with E-state index in [1.807, 2.05) is 51.1 Å². The molecule has 0 spiro atoms. The summed E-state index contributed by atoms with van der Waals surface area (Å²) in [7, 11) is 0. The molecule has 1 aromatic rings. The van der Waals surface area contributed by atoms with Crippen LogP contribution < -0.4 is 0 Å². The zero-order valence-corrected chi connectivity index (χ0v) is 11.5. The molecule has 0 heterocycles. The lowest BCUT2D eigenvalue weighted by molar-refractivity contribution is -0.158. The molecule has 0 aliphatic carbocycles. The molecule has 0 amide bonds. The van der Waals surface area contributed by atoms with Gasteiger partial charge in [0.25, 0.3) is 0 Å². The summed E-state index contributed by atoms with van der Waals surface area (Å²) in [5.41, 5.74) is 0.382. The van der Waals surface area contributed by atoms with Gasteiger partial charge in [0, 0.05) is 0 Å². The molecule has 0 saturated heterocycles. The Morgan fingerprint density at radius 3 is 2.28 bits per heavy atom. The fourth-order valence-corrected chi connectivity index (χ4v) is 2.03. The largest absolute Gasteiger partial charge is 0.466 e. The minimum Gasteiger partial charge on any atom is -0.466 e. The van der Waals surface area contributed by atoms with Crippen molar-refractivity contribution in [2.75, 3.05) is 6.61 Å². The van der Waals surface area contributed by atoms with E-state index in [9.17, 15) is 9.90 Å². The predicted octanol–water partition coefficient (Wildman–Crippen LogP) is 2.95. The molecule has 2 unspecified atom stereocenters. The Labute approximate surface area is 109 Å². The number of aliphatic hydroxyl groups excluding tert-OH is 1. The summed E-state index contributed by atoms with van der Waals surface area (Å²) in [4.78, 5) is 12.0. The molecule has 3 nitrogen and oxygen atoms in total. The Morgan fingerprint density at radius 2 is 1.83 bits per heavy atom. The topological polar surface area (TPSA) is 46.5 Å². The quantitative estimate of drug-likeness (QED) is 0.836. The van der Waals surface area contributed by atoms with E-state index in [1.54, 1.807) is 6.92 Å². The third-order valence-electron chi connectivity index (χ3n) is 2.93. The Hall–Kier alpha value is -1.35. The van der Waals surface area contributed by atoms with Crippen LogP contribution in [0.15, 0.2) is 30.3 Å². The van der Waals surface area contributed by atoms with E-state index in [4.69, 9.17) is 4.74 Å². The zero-order valence-electron chi connectivity index (χ0n) is 11.5. The van der Waals surface area contributed by atoms with E-state index in [1.165, 1.54) is 0 Å². The van der Waals surface area contributed by atoms with Gasteiger partial charge >= 0.3 is 5.97 Å². The Bertz CT molecular complexity index is 378. The first-order chi connectivity index (χ1) is 8.38. The molecule has 0 aromatic heterocycles. The molecular formula is C15H22O3. The van der Waals surface area contributed by atoms with Gasteiger partial charge in [-0.2, -0.15) is 0 Å². The average Bonchev–Trinajstić information content (AvgIpc) is 2.28. The lowest BCUT2D eigenvalue weighted by Crippen LogP contribution is -2.35. The number of carbonyl (C=O) groups is 1. The van der Waals surface area contributed by atoms with Gasteiger partial charge in [-0.05, 0) is 17.9 Å². The molecule has 0 fully saturated rings. The van der Waals surface area contributed by atoms with Crippen molar-refractivity contribution in [2.24, 2.45) is 11.3 Å². The number of hydrogen-bond acceptors (Lipinski definition) is 3. The molecule has 2 atom stereocenters. The summed E-state index contributed by atoms with van der Waals surface area (Å²) in [6.07, 6.45) is -0.842. The first-order valence-corrected chi connectivity index (χ1v) is 6.27. The van der Waals surface area contributed by atoms with Crippen LogP contribution >= 0.6 is 0 Å². The molecule has 0 saturated carbocycles. The molecule has 0 aliphatic rings. The third-order valence-corrected chi connectivity index (χ3v) is 2.93. The summed E-state index contributed by atoms with van der Waals surface area (Å²) in [6, 6.07) is 9.23. The van der Waals surface area contributed by atoms with Crippen molar-refractivity contribution in [1.29, 1.82) is 0 Å². The molecule has 18 heavy (non-hydrogen) atoms. The molecular weight excluding hydrogens is 228 g/mol. The van der Waals surface area contributed by atoms with Crippen molar-refractivity contribution in [3.05, 3.63) is 35.9 Å². The summed E-state index contributed by atoms with van der Waals surface area (Å²) < 4.78 is 5.07. The smallest absolute Gasteiger partial charge is 0.312 e. The monoisotopic (exact) mass is 250 g/mol. The van der Waals surface area contributed by atoms with E-state index < -0.39 is 12.0 Å². The van der Waals surface area contributed by atoms with Crippen molar-refractivity contribution in [3.8, 4) is 0 Å². The van der Waals surface area contributed by atoms with E-state index in [-0.39, 0.29) is 11.4 Å². The Balaban J connectivity index is 3.01. The number of hydrogen-bond donors (Lipinski definition) is 1. The summed E-state index contributed by atoms with van der Waals surface area (Å²) in [5.74, 6) is -0.916.